The molecule has 0 aliphatic carbocycles. The zero-order chi connectivity index (χ0) is 22.2. The maximum absolute atomic E-state index is 13.5. The van der Waals surface area contributed by atoms with E-state index >= 15 is 0 Å². The van der Waals surface area contributed by atoms with Crippen molar-refractivity contribution in [2.45, 2.75) is 18.8 Å². The predicted octanol–water partition coefficient (Wildman–Crippen LogP) is 4.65. The molecule has 3 rings (SSSR count). The Hall–Kier alpha value is -2.71. The van der Waals surface area contributed by atoms with E-state index in [4.69, 9.17) is 23.2 Å². The average Bonchev–Trinajstić information content (AvgIpc) is 2.92. The molecule has 1 unspecified atom stereocenters. The number of carbonyl (C=O) groups excluding carboxylic acids is 2. The Morgan fingerprint density at radius 1 is 1.17 bits per heavy atom. The molecule has 2 aromatic rings. The minimum atomic E-state index is -4.71. The van der Waals surface area contributed by atoms with E-state index in [1.165, 1.54) is 37.4 Å². The van der Waals surface area contributed by atoms with Crippen molar-refractivity contribution >= 4 is 35.0 Å². The molecule has 1 aliphatic rings. The number of hydrogen-bond acceptors (Lipinski definition) is 3. The summed E-state index contributed by atoms with van der Waals surface area (Å²) in [7, 11) is 1.22. The minimum absolute atomic E-state index is 0.0436. The van der Waals surface area contributed by atoms with Crippen LogP contribution >= 0.6 is 23.2 Å². The number of halogens is 5. The van der Waals surface area contributed by atoms with E-state index in [0.717, 1.165) is 11.0 Å². The van der Waals surface area contributed by atoms with Gasteiger partial charge in [0.1, 0.15) is 0 Å². The smallest absolute Gasteiger partial charge is 0.416 e. The molecule has 0 aromatic heterocycles. The van der Waals surface area contributed by atoms with Crippen LogP contribution in [-0.2, 0) is 22.3 Å². The van der Waals surface area contributed by atoms with E-state index in [-0.39, 0.29) is 17.1 Å². The molecule has 5 nitrogen and oxygen atoms in total. The maximum atomic E-state index is 13.5. The summed E-state index contributed by atoms with van der Waals surface area (Å²) in [6, 6.07) is 7.84. The third-order valence-corrected chi connectivity index (χ3v) is 5.42. The first-order valence-electron chi connectivity index (χ1n) is 8.61. The van der Waals surface area contributed by atoms with Gasteiger partial charge in [0, 0.05) is 13.6 Å². The van der Waals surface area contributed by atoms with Crippen molar-refractivity contribution in [1.82, 2.24) is 10.2 Å². The van der Waals surface area contributed by atoms with Gasteiger partial charge in [-0.05, 0) is 29.3 Å². The van der Waals surface area contributed by atoms with Gasteiger partial charge in [-0.1, -0.05) is 47.5 Å². The Labute approximate surface area is 179 Å². The quantitative estimate of drug-likeness (QED) is 0.700. The highest BCUT2D eigenvalue weighted by molar-refractivity contribution is 6.42. The standard InChI is InChI=1S/C20H15Cl2F3N2O3/c1-27-16(11-4-2-3-5-12(11)20(23,24)25)15(17(28)19(27)30)18(29)26-9-10-6-7-13(21)14(22)8-10/h2-8,16,28H,9H2,1H3,(H,26,29). The second-order valence-corrected chi connectivity index (χ2v) is 7.41. The van der Waals surface area contributed by atoms with Crippen molar-refractivity contribution in [3.05, 3.63) is 80.5 Å². The third-order valence-electron chi connectivity index (χ3n) is 4.68. The average molecular weight is 459 g/mol. The lowest BCUT2D eigenvalue weighted by molar-refractivity contribution is -0.139. The van der Waals surface area contributed by atoms with E-state index < -0.39 is 40.9 Å². The topological polar surface area (TPSA) is 69.6 Å². The number of nitrogens with zero attached hydrogens (tertiary/aromatic N) is 1. The normalized spacial score (nSPS) is 16.9. The van der Waals surface area contributed by atoms with Crippen molar-refractivity contribution in [2.24, 2.45) is 0 Å². The number of carbonyl (C=O) groups is 2. The monoisotopic (exact) mass is 458 g/mol. The Morgan fingerprint density at radius 2 is 1.83 bits per heavy atom. The van der Waals surface area contributed by atoms with E-state index in [1.807, 2.05) is 0 Å². The first-order valence-corrected chi connectivity index (χ1v) is 9.36. The molecule has 1 aliphatic heterocycles. The van der Waals surface area contributed by atoms with Gasteiger partial charge in [-0.15, -0.1) is 0 Å². The summed E-state index contributed by atoms with van der Waals surface area (Å²) in [4.78, 5) is 25.9. The summed E-state index contributed by atoms with van der Waals surface area (Å²) in [6.07, 6.45) is -4.71. The number of alkyl halides is 3. The molecule has 10 heteroatoms. The Kier molecular flexibility index (Phi) is 6.01. The van der Waals surface area contributed by atoms with Gasteiger partial charge in [-0.25, -0.2) is 0 Å². The highest BCUT2D eigenvalue weighted by Gasteiger charge is 2.45. The number of aliphatic hydroxyl groups excluding tert-OH is 1. The van der Waals surface area contributed by atoms with Gasteiger partial charge >= 0.3 is 6.18 Å². The van der Waals surface area contributed by atoms with Crippen LogP contribution in [0.25, 0.3) is 0 Å². The van der Waals surface area contributed by atoms with Crippen molar-refractivity contribution in [2.75, 3.05) is 7.05 Å². The first-order chi connectivity index (χ1) is 14.0. The number of nitrogens with one attached hydrogen (secondary N) is 1. The fraction of sp³-hybridized carbons (Fsp3) is 0.200. The molecule has 1 heterocycles. The summed E-state index contributed by atoms with van der Waals surface area (Å²) in [5.74, 6) is -2.72. The van der Waals surface area contributed by atoms with Gasteiger partial charge in [0.15, 0.2) is 5.76 Å². The second-order valence-electron chi connectivity index (χ2n) is 6.60. The van der Waals surface area contributed by atoms with Crippen LogP contribution in [0.2, 0.25) is 10.0 Å². The van der Waals surface area contributed by atoms with Crippen molar-refractivity contribution in [1.29, 1.82) is 0 Å². The van der Waals surface area contributed by atoms with Gasteiger partial charge in [-0.2, -0.15) is 13.2 Å². The SMILES string of the molecule is CN1C(=O)C(O)=C(C(=O)NCc2ccc(Cl)c(Cl)c2)C1c1ccccc1C(F)(F)F. The molecule has 0 saturated carbocycles. The highest BCUT2D eigenvalue weighted by atomic mass is 35.5. The molecule has 0 spiro atoms. The van der Waals surface area contributed by atoms with E-state index in [0.29, 0.717) is 10.6 Å². The third kappa shape index (κ3) is 4.11. The molecule has 0 fully saturated rings. The number of hydrogen-bond donors (Lipinski definition) is 2. The molecule has 0 radical (unpaired) electrons. The van der Waals surface area contributed by atoms with Gasteiger partial charge in [0.2, 0.25) is 0 Å². The summed E-state index contributed by atoms with van der Waals surface area (Å²) < 4.78 is 40.5. The first kappa shape index (κ1) is 22.0. The fourth-order valence-corrected chi connectivity index (χ4v) is 3.56. The Morgan fingerprint density at radius 3 is 2.47 bits per heavy atom. The lowest BCUT2D eigenvalue weighted by Gasteiger charge is -2.25. The van der Waals surface area contributed by atoms with Gasteiger partial charge < -0.3 is 15.3 Å². The molecule has 1 atom stereocenters. The van der Waals surface area contributed by atoms with E-state index in [9.17, 15) is 27.9 Å². The number of benzene rings is 2. The van der Waals surface area contributed by atoms with Crippen LogP contribution < -0.4 is 5.32 Å². The van der Waals surface area contributed by atoms with Gasteiger partial charge in [0.05, 0.1) is 27.2 Å². The van der Waals surface area contributed by atoms with Crippen LogP contribution in [0.1, 0.15) is 22.7 Å². The van der Waals surface area contributed by atoms with Crippen molar-refractivity contribution in [3.63, 3.8) is 0 Å². The molecule has 0 saturated heterocycles. The van der Waals surface area contributed by atoms with Crippen LogP contribution in [0.4, 0.5) is 13.2 Å². The summed E-state index contributed by atoms with van der Waals surface area (Å²) >= 11 is 11.8. The Bertz CT molecular complexity index is 1050. The number of amides is 2. The molecular weight excluding hydrogens is 444 g/mol. The zero-order valence-electron chi connectivity index (χ0n) is 15.4. The molecule has 30 heavy (non-hydrogen) atoms. The fourth-order valence-electron chi connectivity index (χ4n) is 3.24. The molecule has 2 N–H and O–H groups in total. The number of likely N-dealkylation sites (N-methyl/N-ethyl adjacent to an activating group) is 1. The maximum Gasteiger partial charge on any atom is 0.416 e. The van der Waals surface area contributed by atoms with Crippen molar-refractivity contribution < 1.29 is 27.9 Å². The lowest BCUT2D eigenvalue weighted by Crippen LogP contribution is -2.32. The van der Waals surface area contributed by atoms with Crippen LogP contribution in [0.5, 0.6) is 0 Å². The molecule has 0 bridgehead atoms. The summed E-state index contributed by atoms with van der Waals surface area (Å²) in [6.45, 7) is -0.0436. The van der Waals surface area contributed by atoms with Crippen molar-refractivity contribution in [3.8, 4) is 0 Å². The summed E-state index contributed by atoms with van der Waals surface area (Å²) in [5.41, 5.74) is -1.20. The minimum Gasteiger partial charge on any atom is -0.503 e. The molecule has 158 valence electrons. The summed E-state index contributed by atoms with van der Waals surface area (Å²) in [5, 5.41) is 13.3. The van der Waals surface area contributed by atoms with E-state index in [1.54, 1.807) is 6.07 Å². The van der Waals surface area contributed by atoms with Gasteiger partial charge in [0.25, 0.3) is 11.8 Å². The Balaban J connectivity index is 1.94. The zero-order valence-corrected chi connectivity index (χ0v) is 16.9. The van der Waals surface area contributed by atoms with Crippen LogP contribution in [-0.4, -0.2) is 28.9 Å². The molecular formula is C20H15Cl2F3N2O3. The van der Waals surface area contributed by atoms with Gasteiger partial charge in [-0.3, -0.25) is 9.59 Å². The molecule has 2 amide bonds. The highest BCUT2D eigenvalue weighted by Crippen LogP contribution is 2.42. The largest absolute Gasteiger partial charge is 0.503 e. The second kappa shape index (κ2) is 8.20. The van der Waals surface area contributed by atoms with E-state index in [2.05, 4.69) is 5.32 Å². The number of aliphatic hydroxyl groups is 1. The van der Waals surface area contributed by atoms with Crippen LogP contribution in [0.15, 0.2) is 53.8 Å². The van der Waals surface area contributed by atoms with Crippen LogP contribution in [0, 0.1) is 0 Å². The number of rotatable bonds is 4. The predicted molar refractivity (Wildman–Crippen MR) is 105 cm³/mol. The molecule has 2 aromatic carbocycles. The van der Waals surface area contributed by atoms with Crippen LogP contribution in [0.3, 0.4) is 0 Å². The lowest BCUT2D eigenvalue weighted by atomic mass is 9.94.